The molecule has 0 radical (unpaired) electrons. The van der Waals surface area contributed by atoms with E-state index in [-0.39, 0.29) is 0 Å². The molecule has 1 heteroatoms. The van der Waals surface area contributed by atoms with Crippen LogP contribution in [0.15, 0.2) is 23.3 Å². The van der Waals surface area contributed by atoms with E-state index in [4.69, 9.17) is 4.74 Å². The highest BCUT2D eigenvalue weighted by atomic mass is 16.5. The number of hydrogen-bond acceptors (Lipinski definition) is 1. The highest BCUT2D eigenvalue weighted by Crippen LogP contribution is 2.18. The Bertz CT molecular complexity index is 146. The van der Waals surface area contributed by atoms with Crippen molar-refractivity contribution in [1.82, 2.24) is 0 Å². The van der Waals surface area contributed by atoms with Crippen LogP contribution < -0.4 is 0 Å². The average molecular weight is 138 g/mol. The van der Waals surface area contributed by atoms with Crippen LogP contribution in [-0.4, -0.2) is 13.2 Å². The van der Waals surface area contributed by atoms with E-state index in [0.717, 1.165) is 19.6 Å². The molecule has 0 bridgehead atoms. The largest absolute Gasteiger partial charge is 0.376 e. The summed E-state index contributed by atoms with van der Waals surface area (Å²) in [4.78, 5) is 0. The van der Waals surface area contributed by atoms with Crippen molar-refractivity contribution >= 4 is 0 Å². The van der Waals surface area contributed by atoms with Gasteiger partial charge in [0.1, 0.15) is 0 Å². The average Bonchev–Trinajstić information content (AvgIpc) is 2.04. The monoisotopic (exact) mass is 138 g/mol. The molecule has 1 saturated heterocycles. The number of hydrogen-bond donors (Lipinski definition) is 0. The van der Waals surface area contributed by atoms with Gasteiger partial charge in [0, 0.05) is 0 Å². The molecule has 1 rings (SSSR count). The molecule has 0 aliphatic carbocycles. The maximum absolute atomic E-state index is 5.30. The van der Waals surface area contributed by atoms with Crippen LogP contribution in [0.25, 0.3) is 0 Å². The summed E-state index contributed by atoms with van der Waals surface area (Å²) in [6, 6.07) is 0. The second-order valence-corrected chi connectivity index (χ2v) is 2.43. The topological polar surface area (TPSA) is 9.23 Å². The van der Waals surface area contributed by atoms with E-state index in [9.17, 15) is 0 Å². The Balaban J connectivity index is 2.69. The minimum absolute atomic E-state index is 0.802. The summed E-state index contributed by atoms with van der Waals surface area (Å²) in [6.45, 7) is 5.84. The van der Waals surface area contributed by atoms with Gasteiger partial charge in [0.05, 0.1) is 13.2 Å². The Morgan fingerprint density at radius 2 is 1.90 bits per heavy atom. The van der Waals surface area contributed by atoms with E-state index in [1.807, 2.05) is 0 Å². The molecule has 0 unspecified atom stereocenters. The predicted molar refractivity (Wildman–Crippen MR) is 43.0 cm³/mol. The first kappa shape index (κ1) is 7.55. The molecule has 0 aromatic rings. The van der Waals surface area contributed by atoms with E-state index in [2.05, 4.69) is 26.0 Å². The summed E-state index contributed by atoms with van der Waals surface area (Å²) in [7, 11) is 0. The summed E-state index contributed by atoms with van der Waals surface area (Å²) in [5.41, 5.74) is 2.81. The van der Waals surface area contributed by atoms with Gasteiger partial charge in [-0.1, -0.05) is 12.2 Å². The molecule has 0 N–H and O–H groups in total. The van der Waals surface area contributed by atoms with E-state index < -0.39 is 0 Å². The van der Waals surface area contributed by atoms with Gasteiger partial charge < -0.3 is 4.74 Å². The van der Waals surface area contributed by atoms with Crippen molar-refractivity contribution in [2.24, 2.45) is 0 Å². The Labute approximate surface area is 62.4 Å². The molecule has 0 aromatic carbocycles. The van der Waals surface area contributed by atoms with E-state index in [0.29, 0.717) is 0 Å². The molecule has 0 amide bonds. The molecule has 56 valence electrons. The summed E-state index contributed by atoms with van der Waals surface area (Å²) in [6.07, 6.45) is 5.39. The van der Waals surface area contributed by atoms with Crippen molar-refractivity contribution < 1.29 is 4.74 Å². The third-order valence-corrected chi connectivity index (χ3v) is 1.88. The first-order chi connectivity index (χ1) is 4.88. The van der Waals surface area contributed by atoms with Crippen LogP contribution in [0.5, 0.6) is 0 Å². The van der Waals surface area contributed by atoms with Crippen molar-refractivity contribution in [3.63, 3.8) is 0 Å². The highest BCUT2D eigenvalue weighted by Gasteiger charge is 2.08. The fourth-order valence-corrected chi connectivity index (χ4v) is 1.22. The molecule has 0 aromatic heterocycles. The van der Waals surface area contributed by atoms with Crippen LogP contribution in [0.1, 0.15) is 20.3 Å². The van der Waals surface area contributed by atoms with Crippen molar-refractivity contribution in [2.75, 3.05) is 13.2 Å². The fraction of sp³-hybridized carbons (Fsp3) is 0.556. The van der Waals surface area contributed by atoms with Crippen LogP contribution in [0.4, 0.5) is 0 Å². The predicted octanol–water partition coefficient (Wildman–Crippen LogP) is 2.30. The molecular weight excluding hydrogens is 124 g/mol. The second-order valence-electron chi connectivity index (χ2n) is 2.43. The third-order valence-electron chi connectivity index (χ3n) is 1.88. The summed E-state index contributed by atoms with van der Waals surface area (Å²) in [5.74, 6) is 0. The molecule has 0 atom stereocenters. The Morgan fingerprint density at radius 1 is 1.20 bits per heavy atom. The Morgan fingerprint density at radius 3 is 2.40 bits per heavy atom. The Hall–Kier alpha value is -0.560. The first-order valence-corrected chi connectivity index (χ1v) is 3.77. The standard InChI is InChI=1S/C9H14O/c1-3-8-5-6-10-7-9(8)4-2/h3-4H,5-7H2,1-2H3. The lowest BCUT2D eigenvalue weighted by Gasteiger charge is -2.17. The van der Waals surface area contributed by atoms with Crippen molar-refractivity contribution in [3.8, 4) is 0 Å². The quantitative estimate of drug-likeness (QED) is 0.499. The number of ether oxygens (including phenoxy) is 1. The van der Waals surface area contributed by atoms with Gasteiger partial charge >= 0.3 is 0 Å². The van der Waals surface area contributed by atoms with Gasteiger partial charge in [-0.2, -0.15) is 0 Å². The molecule has 1 aliphatic rings. The molecule has 0 saturated carbocycles. The van der Waals surface area contributed by atoms with Crippen LogP contribution in [0.3, 0.4) is 0 Å². The lowest BCUT2D eigenvalue weighted by atomic mass is 10.0. The normalized spacial score (nSPS) is 27.8. The highest BCUT2D eigenvalue weighted by molar-refractivity contribution is 5.31. The zero-order chi connectivity index (χ0) is 7.40. The van der Waals surface area contributed by atoms with Gasteiger partial charge in [-0.15, -0.1) is 0 Å². The molecule has 1 aliphatic heterocycles. The zero-order valence-corrected chi connectivity index (χ0v) is 6.68. The first-order valence-electron chi connectivity index (χ1n) is 3.77. The SMILES string of the molecule is CC=C1CCOCC1=CC. The summed E-state index contributed by atoms with van der Waals surface area (Å²) in [5, 5.41) is 0. The maximum Gasteiger partial charge on any atom is 0.0716 e. The molecule has 1 nitrogen and oxygen atoms in total. The maximum atomic E-state index is 5.30. The fourth-order valence-electron chi connectivity index (χ4n) is 1.22. The molecule has 1 heterocycles. The number of rotatable bonds is 0. The van der Waals surface area contributed by atoms with Crippen LogP contribution in [0, 0.1) is 0 Å². The van der Waals surface area contributed by atoms with Gasteiger partial charge in [-0.3, -0.25) is 0 Å². The van der Waals surface area contributed by atoms with E-state index >= 15 is 0 Å². The van der Waals surface area contributed by atoms with Crippen molar-refractivity contribution in [2.45, 2.75) is 20.3 Å². The second kappa shape index (κ2) is 3.57. The van der Waals surface area contributed by atoms with E-state index in [1.54, 1.807) is 0 Å². The van der Waals surface area contributed by atoms with Crippen molar-refractivity contribution in [3.05, 3.63) is 23.3 Å². The third kappa shape index (κ3) is 1.48. The smallest absolute Gasteiger partial charge is 0.0716 e. The number of allylic oxidation sites excluding steroid dienone is 2. The van der Waals surface area contributed by atoms with Crippen LogP contribution >= 0.6 is 0 Å². The van der Waals surface area contributed by atoms with Gasteiger partial charge in [0.25, 0.3) is 0 Å². The van der Waals surface area contributed by atoms with Gasteiger partial charge in [0.2, 0.25) is 0 Å². The lowest BCUT2D eigenvalue weighted by molar-refractivity contribution is 0.145. The molecule has 1 fully saturated rings. The summed E-state index contributed by atoms with van der Waals surface area (Å²) >= 11 is 0. The minimum Gasteiger partial charge on any atom is -0.376 e. The van der Waals surface area contributed by atoms with Gasteiger partial charge in [-0.05, 0) is 31.4 Å². The summed E-state index contributed by atoms with van der Waals surface area (Å²) < 4.78 is 5.30. The van der Waals surface area contributed by atoms with Crippen LogP contribution in [0.2, 0.25) is 0 Å². The van der Waals surface area contributed by atoms with Gasteiger partial charge in [0.15, 0.2) is 0 Å². The van der Waals surface area contributed by atoms with Gasteiger partial charge in [-0.25, -0.2) is 0 Å². The lowest BCUT2D eigenvalue weighted by Crippen LogP contribution is -2.10. The molecular formula is C9H14O. The molecule has 10 heavy (non-hydrogen) atoms. The zero-order valence-electron chi connectivity index (χ0n) is 6.68. The minimum atomic E-state index is 0.802. The molecule has 0 spiro atoms. The van der Waals surface area contributed by atoms with Crippen molar-refractivity contribution in [1.29, 1.82) is 0 Å². The Kier molecular flexibility index (Phi) is 2.69. The van der Waals surface area contributed by atoms with E-state index in [1.165, 1.54) is 11.1 Å². The van der Waals surface area contributed by atoms with Crippen LogP contribution in [-0.2, 0) is 4.74 Å².